The van der Waals surface area contributed by atoms with Crippen molar-refractivity contribution in [2.45, 2.75) is 43.8 Å². The summed E-state index contributed by atoms with van der Waals surface area (Å²) in [5.74, 6) is 0.528. The Morgan fingerprint density at radius 3 is 2.95 bits per heavy atom. The third-order valence-electron chi connectivity index (χ3n) is 3.11. The van der Waals surface area contributed by atoms with E-state index in [0.29, 0.717) is 11.6 Å². The van der Waals surface area contributed by atoms with Gasteiger partial charge in [-0.1, -0.05) is 18.7 Å². The molecule has 0 spiro atoms. The largest absolute Gasteiger partial charge is 0.468 e. The molecule has 0 aliphatic rings. The van der Waals surface area contributed by atoms with Crippen LogP contribution in [-0.2, 0) is 9.53 Å². The smallest absolute Gasteiger partial charge is 0.325 e. The number of rotatable bonds is 9. The van der Waals surface area contributed by atoms with E-state index in [9.17, 15) is 9.59 Å². The van der Waals surface area contributed by atoms with E-state index < -0.39 is 5.54 Å². The molecule has 1 aromatic rings. The van der Waals surface area contributed by atoms with E-state index in [4.69, 9.17) is 4.74 Å². The van der Waals surface area contributed by atoms with Crippen molar-refractivity contribution in [3.63, 3.8) is 0 Å². The highest BCUT2D eigenvalue weighted by molar-refractivity contribution is 7.99. The van der Waals surface area contributed by atoms with Gasteiger partial charge in [0.1, 0.15) is 5.54 Å². The van der Waals surface area contributed by atoms with Crippen molar-refractivity contribution >= 4 is 17.7 Å². The maximum atomic E-state index is 11.9. The number of methoxy groups -OCH3 is 1. The molecule has 6 nitrogen and oxygen atoms in total. The van der Waals surface area contributed by atoms with Crippen molar-refractivity contribution in [2.75, 3.05) is 19.4 Å². The monoisotopic (exact) mass is 313 g/mol. The summed E-state index contributed by atoms with van der Waals surface area (Å²) in [6.45, 7) is 4.69. The molecule has 1 rings (SSSR count). The van der Waals surface area contributed by atoms with Gasteiger partial charge in [0.25, 0.3) is 5.56 Å². The van der Waals surface area contributed by atoms with Gasteiger partial charge in [0.2, 0.25) is 0 Å². The third-order valence-corrected chi connectivity index (χ3v) is 4.08. The number of H-pyrrole nitrogens is 1. The van der Waals surface area contributed by atoms with Crippen molar-refractivity contribution in [3.8, 4) is 0 Å². The Labute approximate surface area is 129 Å². The van der Waals surface area contributed by atoms with E-state index >= 15 is 0 Å². The number of thioether (sulfide) groups is 1. The molecular formula is C14H23N3O3S. The van der Waals surface area contributed by atoms with Gasteiger partial charge < -0.3 is 15.0 Å². The Bertz CT molecular complexity index is 506. The van der Waals surface area contributed by atoms with Gasteiger partial charge in [0.05, 0.1) is 7.11 Å². The van der Waals surface area contributed by atoms with E-state index in [1.807, 2.05) is 6.92 Å². The van der Waals surface area contributed by atoms with Crippen LogP contribution in [0.1, 0.15) is 33.1 Å². The molecule has 7 heteroatoms. The predicted octanol–water partition coefficient (Wildman–Crippen LogP) is 1.57. The number of aromatic nitrogens is 2. The van der Waals surface area contributed by atoms with Crippen LogP contribution in [0.4, 0.5) is 0 Å². The zero-order valence-electron chi connectivity index (χ0n) is 12.8. The van der Waals surface area contributed by atoms with Crippen molar-refractivity contribution in [1.29, 1.82) is 0 Å². The molecule has 0 fully saturated rings. The molecule has 0 aliphatic carbocycles. The maximum absolute atomic E-state index is 11.9. The number of hydrogen-bond acceptors (Lipinski definition) is 6. The molecule has 1 aromatic heterocycles. The molecule has 0 saturated carbocycles. The Balaban J connectivity index is 2.46. The summed E-state index contributed by atoms with van der Waals surface area (Å²) in [5.41, 5.74) is -0.820. The van der Waals surface area contributed by atoms with Crippen molar-refractivity contribution < 1.29 is 9.53 Å². The van der Waals surface area contributed by atoms with Crippen molar-refractivity contribution in [2.24, 2.45) is 0 Å². The van der Waals surface area contributed by atoms with E-state index in [0.717, 1.165) is 25.1 Å². The van der Waals surface area contributed by atoms with Crippen LogP contribution in [0.25, 0.3) is 0 Å². The van der Waals surface area contributed by atoms with Gasteiger partial charge >= 0.3 is 5.97 Å². The van der Waals surface area contributed by atoms with Crippen LogP contribution < -0.4 is 10.9 Å². The normalized spacial score (nSPS) is 13.7. The van der Waals surface area contributed by atoms with Crippen LogP contribution in [0.2, 0.25) is 0 Å². The molecule has 21 heavy (non-hydrogen) atoms. The van der Waals surface area contributed by atoms with Gasteiger partial charge in [-0.15, -0.1) is 0 Å². The number of esters is 1. The lowest BCUT2D eigenvalue weighted by Crippen LogP contribution is -2.50. The summed E-state index contributed by atoms with van der Waals surface area (Å²) in [6.07, 6.45) is 3.92. The van der Waals surface area contributed by atoms with E-state index in [1.165, 1.54) is 31.1 Å². The summed E-state index contributed by atoms with van der Waals surface area (Å²) in [7, 11) is 1.40. The quantitative estimate of drug-likeness (QED) is 0.312. The lowest BCUT2D eigenvalue weighted by molar-refractivity contribution is -0.148. The highest BCUT2D eigenvalue weighted by Gasteiger charge is 2.32. The highest BCUT2D eigenvalue weighted by atomic mass is 32.2. The number of hydrogen-bond donors (Lipinski definition) is 2. The Morgan fingerprint density at radius 1 is 1.57 bits per heavy atom. The van der Waals surface area contributed by atoms with Gasteiger partial charge in [-0.3, -0.25) is 9.59 Å². The first-order chi connectivity index (χ1) is 10.0. The van der Waals surface area contributed by atoms with Crippen LogP contribution >= 0.6 is 11.8 Å². The second kappa shape index (κ2) is 8.84. The minimum absolute atomic E-state index is 0.156. The van der Waals surface area contributed by atoms with Gasteiger partial charge in [0, 0.05) is 18.0 Å². The summed E-state index contributed by atoms with van der Waals surface area (Å²) < 4.78 is 4.88. The number of nitrogens with zero attached hydrogens (tertiary/aromatic N) is 1. The highest BCUT2D eigenvalue weighted by Crippen LogP contribution is 2.19. The standard InChI is InChI=1S/C14H23N3O3S/c1-4-8-16-14(2,12(19)20-3)7-5-10-21-13-15-9-6-11(18)17-13/h6,9,16H,4-5,7-8,10H2,1-3H3,(H,15,17,18). The van der Waals surface area contributed by atoms with E-state index in [1.54, 1.807) is 0 Å². The molecule has 0 aromatic carbocycles. The van der Waals surface area contributed by atoms with Crippen LogP contribution in [0.5, 0.6) is 0 Å². The zero-order valence-corrected chi connectivity index (χ0v) is 13.6. The minimum atomic E-state index is -0.664. The summed E-state index contributed by atoms with van der Waals surface area (Å²) >= 11 is 1.47. The van der Waals surface area contributed by atoms with Crippen LogP contribution in [0, 0.1) is 0 Å². The van der Waals surface area contributed by atoms with Gasteiger partial charge in [-0.05, 0) is 32.7 Å². The molecule has 0 radical (unpaired) electrons. The maximum Gasteiger partial charge on any atom is 0.325 e. The topological polar surface area (TPSA) is 84.1 Å². The lowest BCUT2D eigenvalue weighted by atomic mass is 9.96. The molecule has 0 amide bonds. The summed E-state index contributed by atoms with van der Waals surface area (Å²) in [6, 6.07) is 1.38. The molecule has 0 aliphatic heterocycles. The predicted molar refractivity (Wildman–Crippen MR) is 83.5 cm³/mol. The average molecular weight is 313 g/mol. The van der Waals surface area contributed by atoms with E-state index in [-0.39, 0.29) is 11.5 Å². The molecule has 1 heterocycles. The van der Waals surface area contributed by atoms with Crippen LogP contribution in [0.3, 0.4) is 0 Å². The molecule has 0 saturated heterocycles. The fourth-order valence-corrected chi connectivity index (χ4v) is 2.70. The number of nitrogens with one attached hydrogen (secondary N) is 2. The van der Waals surface area contributed by atoms with Gasteiger partial charge in [-0.25, -0.2) is 4.98 Å². The Hall–Kier alpha value is -1.34. The first-order valence-electron chi connectivity index (χ1n) is 7.03. The minimum Gasteiger partial charge on any atom is -0.468 e. The third kappa shape index (κ3) is 5.89. The fraction of sp³-hybridized carbons (Fsp3) is 0.643. The molecule has 2 N–H and O–H groups in total. The summed E-state index contributed by atoms with van der Waals surface area (Å²) in [4.78, 5) is 29.8. The Morgan fingerprint density at radius 2 is 2.33 bits per heavy atom. The van der Waals surface area contributed by atoms with Crippen molar-refractivity contribution in [1.82, 2.24) is 15.3 Å². The summed E-state index contributed by atoms with van der Waals surface area (Å²) in [5, 5.41) is 3.85. The second-order valence-corrected chi connectivity index (χ2v) is 6.03. The number of ether oxygens (including phenoxy) is 1. The van der Waals surface area contributed by atoms with Crippen LogP contribution in [-0.4, -0.2) is 40.9 Å². The molecular weight excluding hydrogens is 290 g/mol. The number of carbonyl (C=O) groups excluding carboxylic acids is 1. The zero-order chi connectivity index (χ0) is 15.7. The number of carbonyl (C=O) groups is 1. The average Bonchev–Trinajstić information content (AvgIpc) is 2.49. The molecule has 118 valence electrons. The van der Waals surface area contributed by atoms with Crippen molar-refractivity contribution in [3.05, 3.63) is 22.6 Å². The van der Waals surface area contributed by atoms with Gasteiger partial charge in [-0.2, -0.15) is 0 Å². The van der Waals surface area contributed by atoms with E-state index in [2.05, 4.69) is 22.2 Å². The lowest BCUT2D eigenvalue weighted by Gasteiger charge is -2.27. The molecule has 1 unspecified atom stereocenters. The fourth-order valence-electron chi connectivity index (χ4n) is 1.91. The Kier molecular flexibility index (Phi) is 7.45. The SMILES string of the molecule is CCCNC(C)(CCCSc1nccc(=O)[nH]1)C(=O)OC. The molecule has 0 bridgehead atoms. The molecule has 1 atom stereocenters. The van der Waals surface area contributed by atoms with Gasteiger partial charge in [0.15, 0.2) is 5.16 Å². The second-order valence-electron chi connectivity index (χ2n) is 4.94. The first-order valence-corrected chi connectivity index (χ1v) is 8.02. The number of aromatic amines is 1. The first kappa shape index (κ1) is 17.7. The van der Waals surface area contributed by atoms with Crippen LogP contribution in [0.15, 0.2) is 22.2 Å².